The van der Waals surface area contributed by atoms with Crippen molar-refractivity contribution in [3.63, 3.8) is 0 Å². The summed E-state index contributed by atoms with van der Waals surface area (Å²) in [5, 5.41) is 11.4. The fourth-order valence-electron chi connectivity index (χ4n) is 5.05. The van der Waals surface area contributed by atoms with Crippen LogP contribution in [0.2, 0.25) is 0 Å². The molecule has 0 radical (unpaired) electrons. The predicted octanol–water partition coefficient (Wildman–Crippen LogP) is 3.54. The van der Waals surface area contributed by atoms with E-state index in [1.165, 1.54) is 0 Å². The van der Waals surface area contributed by atoms with Gasteiger partial charge in [-0.25, -0.2) is 9.78 Å². The quantitative estimate of drug-likeness (QED) is 0.297. The van der Waals surface area contributed by atoms with Gasteiger partial charge in [0.15, 0.2) is 5.82 Å². The lowest BCUT2D eigenvalue weighted by atomic mass is 10.0. The number of aromatic amines is 2. The molecule has 2 amide bonds. The summed E-state index contributed by atoms with van der Waals surface area (Å²) in [4.78, 5) is 37.1. The molecule has 3 N–H and O–H groups in total. The van der Waals surface area contributed by atoms with Gasteiger partial charge in [0.25, 0.3) is 5.91 Å². The Morgan fingerprint density at radius 2 is 1.97 bits per heavy atom. The van der Waals surface area contributed by atoms with Gasteiger partial charge in [0.1, 0.15) is 5.69 Å². The molecule has 0 saturated carbocycles. The Morgan fingerprint density at radius 3 is 2.79 bits per heavy atom. The van der Waals surface area contributed by atoms with E-state index in [0.29, 0.717) is 43.3 Å². The molecule has 2 saturated heterocycles. The zero-order valence-corrected chi connectivity index (χ0v) is 22.0. The summed E-state index contributed by atoms with van der Waals surface area (Å²) in [5.41, 5.74) is 4.96. The van der Waals surface area contributed by atoms with Crippen LogP contribution < -0.4 is 10.2 Å². The van der Waals surface area contributed by atoms with Crippen molar-refractivity contribution in [2.75, 3.05) is 57.4 Å². The van der Waals surface area contributed by atoms with Crippen LogP contribution in [0.4, 0.5) is 10.5 Å². The van der Waals surface area contributed by atoms with Gasteiger partial charge in [0, 0.05) is 55.3 Å². The Morgan fingerprint density at radius 1 is 1.13 bits per heavy atom. The molecule has 2 aliphatic heterocycles. The number of hydrogen-bond donors (Lipinski definition) is 3. The van der Waals surface area contributed by atoms with Crippen molar-refractivity contribution in [1.82, 2.24) is 30.4 Å². The number of amides is 2. The second-order valence-corrected chi connectivity index (χ2v) is 10.2. The van der Waals surface area contributed by atoms with E-state index in [9.17, 15) is 9.59 Å². The van der Waals surface area contributed by atoms with E-state index in [4.69, 9.17) is 14.5 Å². The molecule has 4 aromatic rings. The van der Waals surface area contributed by atoms with Crippen LogP contribution in [0.15, 0.2) is 36.4 Å². The largest absolute Gasteiger partial charge is 0.449 e. The summed E-state index contributed by atoms with van der Waals surface area (Å²) < 4.78 is 10.7. The number of nitrogens with zero attached hydrogens (tertiary/aromatic N) is 4. The molecule has 204 valence electrons. The number of carbonyl (C=O) groups is 2. The number of unbranched alkanes of at least 4 members (excludes halogenated alkanes) is 1. The SMILES string of the molecule is CCCCOC(=O)N1CC(CNC(=O)c2ccc3[nH]nc(-c4nc5ccc(N6CCOCC6)cc5[nH]4)c3c2)C1. The van der Waals surface area contributed by atoms with Crippen molar-refractivity contribution < 1.29 is 19.1 Å². The third-order valence-corrected chi connectivity index (χ3v) is 7.38. The Kier molecular flexibility index (Phi) is 7.06. The van der Waals surface area contributed by atoms with Crippen LogP contribution in [0.25, 0.3) is 33.5 Å². The van der Waals surface area contributed by atoms with Crippen molar-refractivity contribution in [2.45, 2.75) is 19.8 Å². The van der Waals surface area contributed by atoms with Crippen LogP contribution in [-0.4, -0.2) is 89.6 Å². The molecule has 2 aliphatic rings. The monoisotopic (exact) mass is 531 g/mol. The van der Waals surface area contributed by atoms with Crippen LogP contribution in [-0.2, 0) is 9.47 Å². The van der Waals surface area contributed by atoms with E-state index in [2.05, 4.69) is 44.5 Å². The Hall–Kier alpha value is -4.12. The van der Waals surface area contributed by atoms with E-state index in [0.717, 1.165) is 66.8 Å². The lowest BCUT2D eigenvalue weighted by molar-refractivity contribution is 0.0525. The number of morpholine rings is 1. The van der Waals surface area contributed by atoms with E-state index < -0.39 is 0 Å². The topological polar surface area (TPSA) is 128 Å². The molecule has 4 heterocycles. The normalized spacial score (nSPS) is 16.0. The molecule has 2 aromatic carbocycles. The number of rotatable bonds is 8. The second kappa shape index (κ2) is 10.9. The maximum absolute atomic E-state index is 12.9. The lowest BCUT2D eigenvalue weighted by Gasteiger charge is -2.38. The molecule has 0 atom stereocenters. The maximum Gasteiger partial charge on any atom is 0.409 e. The van der Waals surface area contributed by atoms with Gasteiger partial charge in [0.05, 0.1) is 36.4 Å². The fraction of sp³-hybridized carbons (Fsp3) is 0.429. The highest BCUT2D eigenvalue weighted by Crippen LogP contribution is 2.29. The number of imidazole rings is 1. The standard InChI is InChI=1S/C28H33N7O4/c1-2-3-10-39-28(37)35-16-18(17-35)15-29-27(36)19-4-6-22-21(13-19)25(33-32-22)26-30-23-7-5-20(14-24(23)31-26)34-8-11-38-12-9-34/h4-7,13-14,18H,2-3,8-12,15-17H2,1H3,(H,29,36)(H,30,31)(H,32,33). The van der Waals surface area contributed by atoms with Crippen molar-refractivity contribution in [3.05, 3.63) is 42.0 Å². The summed E-state index contributed by atoms with van der Waals surface area (Å²) in [6.07, 6.45) is 1.59. The highest BCUT2D eigenvalue weighted by molar-refractivity contribution is 6.01. The molecule has 39 heavy (non-hydrogen) atoms. The zero-order chi connectivity index (χ0) is 26.8. The van der Waals surface area contributed by atoms with Crippen LogP contribution in [0, 0.1) is 5.92 Å². The van der Waals surface area contributed by atoms with Gasteiger partial charge >= 0.3 is 6.09 Å². The van der Waals surface area contributed by atoms with Gasteiger partial charge in [-0.3, -0.25) is 9.89 Å². The molecular weight excluding hydrogens is 498 g/mol. The Balaban J connectivity index is 1.12. The number of likely N-dealkylation sites (tertiary alicyclic amines) is 1. The number of benzene rings is 2. The van der Waals surface area contributed by atoms with Crippen molar-refractivity contribution in [1.29, 1.82) is 0 Å². The van der Waals surface area contributed by atoms with Crippen LogP contribution in [0.1, 0.15) is 30.1 Å². The van der Waals surface area contributed by atoms with Gasteiger partial charge in [-0.2, -0.15) is 5.10 Å². The van der Waals surface area contributed by atoms with E-state index in [-0.39, 0.29) is 17.9 Å². The third-order valence-electron chi connectivity index (χ3n) is 7.38. The first-order valence-corrected chi connectivity index (χ1v) is 13.6. The Bertz CT molecular complexity index is 1480. The van der Waals surface area contributed by atoms with Crippen molar-refractivity contribution in [2.24, 2.45) is 5.92 Å². The molecule has 0 unspecified atom stereocenters. The van der Waals surface area contributed by atoms with E-state index in [1.54, 1.807) is 11.0 Å². The number of nitrogens with one attached hydrogen (secondary N) is 3. The average molecular weight is 532 g/mol. The molecule has 2 fully saturated rings. The van der Waals surface area contributed by atoms with E-state index >= 15 is 0 Å². The first kappa shape index (κ1) is 25.2. The fourth-order valence-corrected chi connectivity index (χ4v) is 5.05. The summed E-state index contributed by atoms with van der Waals surface area (Å²) in [7, 11) is 0. The van der Waals surface area contributed by atoms with Crippen LogP contribution >= 0.6 is 0 Å². The maximum atomic E-state index is 12.9. The molecule has 0 spiro atoms. The minimum absolute atomic E-state index is 0.159. The van der Waals surface area contributed by atoms with Gasteiger partial charge < -0.3 is 29.6 Å². The van der Waals surface area contributed by atoms with Gasteiger partial charge in [0.2, 0.25) is 0 Å². The second-order valence-electron chi connectivity index (χ2n) is 10.2. The molecule has 0 bridgehead atoms. The number of fused-ring (bicyclic) bond motifs is 2. The molecule has 2 aromatic heterocycles. The van der Waals surface area contributed by atoms with Gasteiger partial charge in [-0.1, -0.05) is 13.3 Å². The molecule has 6 rings (SSSR count). The average Bonchev–Trinajstić information content (AvgIpc) is 3.55. The summed E-state index contributed by atoms with van der Waals surface area (Å²) >= 11 is 0. The van der Waals surface area contributed by atoms with Gasteiger partial charge in [-0.15, -0.1) is 0 Å². The van der Waals surface area contributed by atoms with Crippen molar-refractivity contribution in [3.8, 4) is 11.5 Å². The number of anilines is 1. The summed E-state index contributed by atoms with van der Waals surface area (Å²) in [5.74, 6) is 0.708. The minimum atomic E-state index is -0.271. The van der Waals surface area contributed by atoms with E-state index in [1.807, 2.05) is 18.2 Å². The van der Waals surface area contributed by atoms with Crippen LogP contribution in [0.3, 0.4) is 0 Å². The molecule has 11 nitrogen and oxygen atoms in total. The lowest BCUT2D eigenvalue weighted by Crippen LogP contribution is -2.54. The molecule has 0 aliphatic carbocycles. The first-order chi connectivity index (χ1) is 19.1. The minimum Gasteiger partial charge on any atom is -0.449 e. The Labute approximate surface area is 225 Å². The van der Waals surface area contributed by atoms with Crippen molar-refractivity contribution >= 4 is 39.6 Å². The molecule has 11 heteroatoms. The third kappa shape index (κ3) is 5.26. The zero-order valence-electron chi connectivity index (χ0n) is 22.0. The smallest absolute Gasteiger partial charge is 0.409 e. The number of aromatic nitrogens is 4. The first-order valence-electron chi connectivity index (χ1n) is 13.6. The number of H-pyrrole nitrogens is 2. The van der Waals surface area contributed by atoms with Gasteiger partial charge in [-0.05, 0) is 42.8 Å². The molecular formula is C28H33N7O4. The highest BCUT2D eigenvalue weighted by atomic mass is 16.6. The number of carbonyl (C=O) groups excluding carboxylic acids is 2. The highest BCUT2D eigenvalue weighted by Gasteiger charge is 2.31. The van der Waals surface area contributed by atoms with Crippen LogP contribution in [0.5, 0.6) is 0 Å². The summed E-state index contributed by atoms with van der Waals surface area (Å²) in [6.45, 7) is 7.39. The predicted molar refractivity (Wildman–Crippen MR) is 148 cm³/mol. The number of ether oxygens (including phenoxy) is 2. The summed E-state index contributed by atoms with van der Waals surface area (Å²) in [6, 6.07) is 11.7. The number of hydrogen-bond acceptors (Lipinski definition) is 7.